The summed E-state index contributed by atoms with van der Waals surface area (Å²) in [6.07, 6.45) is 0. The van der Waals surface area contributed by atoms with Crippen LogP contribution >= 0.6 is 0 Å². The van der Waals surface area contributed by atoms with E-state index in [9.17, 15) is 10.1 Å². The molecule has 0 aliphatic heterocycles. The molecular weight excluding hydrogens is 1810 g/mol. The van der Waals surface area contributed by atoms with E-state index in [2.05, 4.69) is 428 Å². The number of ether oxygens (including phenoxy) is 6. The van der Waals surface area contributed by atoms with Gasteiger partial charge >= 0.3 is 0 Å². The fourth-order valence-electron chi connectivity index (χ4n) is 18.2. The molecule has 28 heteroatoms. The fraction of sp³-hybridized carbons (Fsp3) is 0.538. The highest BCUT2D eigenvalue weighted by molar-refractivity contribution is 6.54. The number of nitro benzene ring substituents is 1. The maximum atomic E-state index is 10.5. The predicted octanol–water partition coefficient (Wildman–Crippen LogP) is 17.8. The van der Waals surface area contributed by atoms with Gasteiger partial charge in [0.05, 0.1) is 54.2 Å². The van der Waals surface area contributed by atoms with Crippen LogP contribution in [0.4, 0.5) is 11.4 Å². The number of benzene rings is 9. The quantitative estimate of drug-likeness (QED) is 0.0155. The molecule has 0 aliphatic carbocycles. The number of nitrogens with zero attached hydrogens (tertiary/aromatic N) is 11. The summed E-state index contributed by atoms with van der Waals surface area (Å²) in [6, 6.07) is 77.9. The standard InChI is InChI=1S/C15H26BNO3.C14H24BN.C13H19BN2.3C13H22BNO.2C13H22BN.C12H19BN2O2/c1-10(2)17(11(3)4)16-12-8-13(18-5)15(20-7)14(9-12)19-6;1-10(2)16(11(3)4)15-14-8-12(5)7-13(6)9-14;1-10(2)16(11(3)4)14-12-6-8-13(15-5)9-7-12;1-10(2)15(11(3)4)14-12-6-8-13(16-5)9-7-12;1-10(2)15(11(3)4)14-12-7-6-8-13(9-12)16-5;1-10(2)15(11(3)4)14-12-8-6-7-9-13(12)16-5;1-10(2)15(11(3)4)14-13-8-6-12(5)7-9-13;1-10(2)15(11(3)4)14-13-8-6-7-12(5)9-13;1-9(2)14(10(3)4)13-11-5-7-12(8-6-11)15(16)17/h8-11,16H,1-7H3;7-11,15H,1-6H3;6-11,14H,1-4H3;3*6-11,14H,1-5H3;2*6-11,14H,1-5H3;5-10,13H,1-4H3. The van der Waals surface area contributed by atoms with Gasteiger partial charge in [-0.15, -0.1) is 0 Å². The molecule has 0 unspecified atom stereocenters. The Bertz CT molecular complexity index is 4950. The molecule has 0 saturated carbocycles. The van der Waals surface area contributed by atoms with Crippen LogP contribution in [0, 0.1) is 44.4 Å². The summed E-state index contributed by atoms with van der Waals surface area (Å²) in [7, 11) is 18.8. The van der Waals surface area contributed by atoms with E-state index in [1.165, 1.54) is 60.5 Å². The molecule has 0 heterocycles. The molecule has 0 amide bonds. The van der Waals surface area contributed by atoms with Crippen molar-refractivity contribution in [1.29, 1.82) is 0 Å². The fourth-order valence-corrected chi connectivity index (χ4v) is 18.2. The van der Waals surface area contributed by atoms with Crippen molar-refractivity contribution < 1.29 is 33.3 Å². The summed E-state index contributed by atoms with van der Waals surface area (Å²) < 4.78 is 31.9. The largest absolute Gasteiger partial charge is 0.497 e. The van der Waals surface area contributed by atoms with Crippen molar-refractivity contribution in [3.8, 4) is 34.5 Å². The molecule has 0 saturated heterocycles. The monoisotopic (exact) mass is 2010 g/mol. The molecule has 0 N–H and O–H groups in total. The van der Waals surface area contributed by atoms with Crippen LogP contribution in [0.2, 0.25) is 0 Å². The van der Waals surface area contributed by atoms with Gasteiger partial charge in [0.2, 0.25) is 72.5 Å². The molecule has 0 aliphatic rings. The van der Waals surface area contributed by atoms with Gasteiger partial charge in [0.25, 0.3) is 5.69 Å². The summed E-state index contributed by atoms with van der Waals surface area (Å²) in [4.78, 5) is 35.7. The summed E-state index contributed by atoms with van der Waals surface area (Å²) in [5.74, 6) is 4.88. The van der Waals surface area contributed by atoms with Crippen LogP contribution in [0.15, 0.2) is 200 Å². The Labute approximate surface area is 905 Å². The summed E-state index contributed by atoms with van der Waals surface area (Å²) in [5.41, 5.74) is 18.0. The molecule has 9 aromatic carbocycles. The minimum absolute atomic E-state index is 0.148. The first kappa shape index (κ1) is 136. The van der Waals surface area contributed by atoms with E-state index in [0.717, 1.165) is 94.9 Å². The van der Waals surface area contributed by atoms with Crippen molar-refractivity contribution in [2.75, 3.05) is 42.7 Å². The van der Waals surface area contributed by atoms with E-state index in [4.69, 9.17) is 35.0 Å². The summed E-state index contributed by atoms with van der Waals surface area (Å²) >= 11 is 0. The minimum atomic E-state index is -0.369. The van der Waals surface area contributed by atoms with Crippen molar-refractivity contribution >= 4 is 127 Å². The first-order valence-corrected chi connectivity index (χ1v) is 54.3. The van der Waals surface area contributed by atoms with Crippen LogP contribution in [0.25, 0.3) is 4.85 Å². The SMILES string of the molecule is CC(C)N(Bc1ccc([N+](=O)[O-])cc1)C(C)C.COc1cc(BN(C(C)C)C(C)C)cc(OC)c1OC.COc1ccc(BN(C(C)C)C(C)C)cc1.COc1cccc(BN(C(C)C)C(C)C)c1.COc1ccccc1BN(C(C)C)C(C)C.Cc1cc(C)cc(BN(C(C)C)C(C)C)c1.Cc1ccc(BN(C(C)C)C(C)C)cc1.Cc1cccc(BN(C(C)C)C(C)C)c1.[C-]#[N+]c1ccc(BN(C(C)C)C(C)C)cc1. The second kappa shape index (κ2) is 72.4. The summed E-state index contributed by atoms with van der Waals surface area (Å²) in [5, 5.41) is 10.5. The van der Waals surface area contributed by atoms with Gasteiger partial charge in [-0.05, 0) is 184 Å². The van der Waals surface area contributed by atoms with Gasteiger partial charge in [0.15, 0.2) is 17.2 Å². The second-order valence-electron chi connectivity index (χ2n) is 44.0. The zero-order valence-electron chi connectivity index (χ0n) is 101. The average Bonchev–Trinajstić information content (AvgIpc) is 0.817. The Morgan fingerprint density at radius 2 is 0.503 bits per heavy atom. The molecule has 0 fully saturated rings. The lowest BCUT2D eigenvalue weighted by Gasteiger charge is -2.30. The lowest BCUT2D eigenvalue weighted by Crippen LogP contribution is -2.45. The highest BCUT2D eigenvalue weighted by Crippen LogP contribution is 2.36. The molecule has 9 rings (SSSR count). The van der Waals surface area contributed by atoms with Crippen LogP contribution in [0.5, 0.6) is 34.5 Å². The lowest BCUT2D eigenvalue weighted by molar-refractivity contribution is -0.384. The van der Waals surface area contributed by atoms with Crippen LogP contribution in [0.3, 0.4) is 0 Å². The predicted molar refractivity (Wildman–Crippen MR) is 659 cm³/mol. The third-order valence-corrected chi connectivity index (χ3v) is 26.1. The van der Waals surface area contributed by atoms with Gasteiger partial charge in [0.1, 0.15) is 17.2 Å². The lowest BCUT2D eigenvalue weighted by atomic mass is 9.77. The zero-order valence-corrected chi connectivity index (χ0v) is 101. The van der Waals surface area contributed by atoms with Gasteiger partial charge in [0, 0.05) is 12.1 Å². The Balaban J connectivity index is 0.000000828. The Hall–Kier alpha value is -9.11. The first-order chi connectivity index (χ1) is 68.9. The smallest absolute Gasteiger partial charge is 0.269 e. The first-order valence-electron chi connectivity index (χ1n) is 54.3. The normalized spacial score (nSPS) is 11.3. The van der Waals surface area contributed by atoms with Crippen molar-refractivity contribution in [3.63, 3.8) is 0 Å². The minimum Gasteiger partial charge on any atom is -0.497 e. The maximum absolute atomic E-state index is 10.5. The van der Waals surface area contributed by atoms with Crippen molar-refractivity contribution in [3.05, 3.63) is 244 Å². The van der Waals surface area contributed by atoms with E-state index >= 15 is 0 Å². The molecule has 0 aromatic heterocycles. The molecule has 9 aromatic rings. The van der Waals surface area contributed by atoms with Crippen LogP contribution < -0.4 is 77.6 Å². The Kier molecular flexibility index (Phi) is 66.9. The van der Waals surface area contributed by atoms with Crippen molar-refractivity contribution in [2.24, 2.45) is 0 Å². The molecule has 0 spiro atoms. The zero-order chi connectivity index (χ0) is 112. The highest BCUT2D eigenvalue weighted by atomic mass is 16.6. The van der Waals surface area contributed by atoms with E-state index in [1.54, 1.807) is 54.8 Å². The molecular formula is C119H198B9N11O8. The van der Waals surface area contributed by atoms with E-state index in [-0.39, 0.29) is 10.6 Å². The molecule has 0 bridgehead atoms. The van der Waals surface area contributed by atoms with Crippen molar-refractivity contribution in [1.82, 2.24) is 43.3 Å². The van der Waals surface area contributed by atoms with Gasteiger partial charge < -0.3 is 71.7 Å². The number of methoxy groups -OCH3 is 6. The highest BCUT2D eigenvalue weighted by Gasteiger charge is 2.26. The number of rotatable bonds is 43. The second-order valence-corrected chi connectivity index (χ2v) is 44.0. The third kappa shape index (κ3) is 53.4. The molecule has 19 nitrogen and oxygen atoms in total. The van der Waals surface area contributed by atoms with Crippen LogP contribution in [-0.2, 0) is 0 Å². The average molecular weight is 2010 g/mol. The van der Waals surface area contributed by atoms with E-state index in [1.807, 2.05) is 84.9 Å². The van der Waals surface area contributed by atoms with E-state index < -0.39 is 0 Å². The maximum Gasteiger partial charge on any atom is 0.269 e. The van der Waals surface area contributed by atoms with Crippen molar-refractivity contribution in [2.45, 2.75) is 386 Å². The van der Waals surface area contributed by atoms with Gasteiger partial charge in [-0.25, -0.2) is 4.85 Å². The Morgan fingerprint density at radius 1 is 0.238 bits per heavy atom. The molecule has 804 valence electrons. The van der Waals surface area contributed by atoms with Gasteiger partial charge in [-0.1, -0.05) is 461 Å². The molecule has 0 atom stereocenters. The number of aryl methyl sites for hydroxylation is 4. The van der Waals surface area contributed by atoms with Crippen LogP contribution in [-0.4, -0.2) is 266 Å². The molecule has 0 radical (unpaired) electrons. The van der Waals surface area contributed by atoms with Gasteiger partial charge in [-0.3, -0.25) is 10.1 Å². The topological polar surface area (TPSA) is 132 Å². The van der Waals surface area contributed by atoms with E-state index in [0.29, 0.717) is 132 Å². The van der Waals surface area contributed by atoms with Crippen LogP contribution in [0.1, 0.15) is 272 Å². The Morgan fingerprint density at radius 3 is 0.796 bits per heavy atom. The third-order valence-electron chi connectivity index (χ3n) is 26.1. The molecule has 147 heavy (non-hydrogen) atoms. The number of hydrogen-bond donors (Lipinski definition) is 0. The number of para-hydroxylation sites is 1. The number of nitro groups is 1. The number of non-ortho nitro benzene ring substituents is 1. The summed E-state index contributed by atoms with van der Waals surface area (Å²) in [6.45, 7) is 95.8. The number of hydrogen-bond acceptors (Lipinski definition) is 17. The van der Waals surface area contributed by atoms with Gasteiger partial charge in [-0.2, -0.15) is 0 Å².